The van der Waals surface area contributed by atoms with Crippen LogP contribution in [0, 0.1) is 23.7 Å². The maximum atomic E-state index is 12.2. The number of nitrogens with one attached hydrogen (secondary N) is 2. The van der Waals surface area contributed by atoms with Crippen LogP contribution in [0.4, 0.5) is 0 Å². The summed E-state index contributed by atoms with van der Waals surface area (Å²) in [5.41, 5.74) is 0. The Labute approximate surface area is 104 Å². The van der Waals surface area contributed by atoms with Crippen LogP contribution in [0.2, 0.25) is 0 Å². The normalized spacial score (nSPS) is 44.9. The molecule has 1 amide bonds. The highest BCUT2D eigenvalue weighted by Gasteiger charge is 2.54. The predicted molar refractivity (Wildman–Crippen MR) is 67.5 cm³/mol. The van der Waals surface area contributed by atoms with Crippen molar-refractivity contribution in [1.82, 2.24) is 10.6 Å². The van der Waals surface area contributed by atoms with Gasteiger partial charge in [-0.1, -0.05) is 19.8 Å². The number of hydrogen-bond acceptors (Lipinski definition) is 2. The summed E-state index contributed by atoms with van der Waals surface area (Å²) in [6.45, 7) is 4.31. The largest absolute Gasteiger partial charge is 0.352 e. The van der Waals surface area contributed by atoms with Gasteiger partial charge in [0.15, 0.2) is 0 Å². The van der Waals surface area contributed by atoms with E-state index in [9.17, 15) is 4.79 Å². The van der Waals surface area contributed by atoms with Crippen LogP contribution in [0.5, 0.6) is 0 Å². The summed E-state index contributed by atoms with van der Waals surface area (Å²) in [5, 5.41) is 6.66. The van der Waals surface area contributed by atoms with Gasteiger partial charge in [0.25, 0.3) is 0 Å². The molecule has 2 N–H and O–H groups in total. The lowest BCUT2D eigenvalue weighted by Gasteiger charge is -2.30. The summed E-state index contributed by atoms with van der Waals surface area (Å²) < 4.78 is 0. The predicted octanol–water partition coefficient (Wildman–Crippen LogP) is 1.54. The minimum Gasteiger partial charge on any atom is -0.352 e. The van der Waals surface area contributed by atoms with Crippen molar-refractivity contribution in [3.8, 4) is 0 Å². The molecular weight excluding hydrogens is 212 g/mol. The monoisotopic (exact) mass is 236 g/mol. The van der Waals surface area contributed by atoms with Crippen LogP contribution in [0.15, 0.2) is 0 Å². The maximum absolute atomic E-state index is 12.2. The molecule has 0 spiro atoms. The lowest BCUT2D eigenvalue weighted by molar-refractivity contribution is -0.124. The minimum absolute atomic E-state index is 0.349. The van der Waals surface area contributed by atoms with Crippen LogP contribution < -0.4 is 10.6 Å². The van der Waals surface area contributed by atoms with E-state index in [0.29, 0.717) is 23.8 Å². The Morgan fingerprint density at radius 1 is 1.18 bits per heavy atom. The second-order valence-electron chi connectivity index (χ2n) is 6.22. The number of piperidine rings is 1. The van der Waals surface area contributed by atoms with E-state index >= 15 is 0 Å². The molecule has 0 aromatic rings. The third-order valence-electron chi connectivity index (χ3n) is 5.11. The molecule has 1 heterocycles. The first kappa shape index (κ1) is 11.5. The number of carbonyl (C=O) groups excluding carboxylic acids is 1. The SMILES string of the molecule is CC1CCNCC1NC(=O)C1C2CCCCC21. The molecule has 0 bridgehead atoms. The minimum atomic E-state index is 0.349. The molecule has 0 aromatic heterocycles. The van der Waals surface area contributed by atoms with Gasteiger partial charge in [-0.05, 0) is 43.6 Å². The summed E-state index contributed by atoms with van der Waals surface area (Å²) in [6, 6.07) is 0.360. The molecule has 1 aliphatic heterocycles. The van der Waals surface area contributed by atoms with E-state index in [1.807, 2.05) is 0 Å². The van der Waals surface area contributed by atoms with Crippen molar-refractivity contribution in [3.05, 3.63) is 0 Å². The smallest absolute Gasteiger partial charge is 0.223 e. The van der Waals surface area contributed by atoms with Crippen molar-refractivity contribution in [3.63, 3.8) is 0 Å². The highest BCUT2D eigenvalue weighted by Crippen LogP contribution is 2.55. The van der Waals surface area contributed by atoms with Gasteiger partial charge < -0.3 is 10.6 Å². The van der Waals surface area contributed by atoms with Crippen molar-refractivity contribution in [2.75, 3.05) is 13.1 Å². The second kappa shape index (κ2) is 4.60. The molecule has 3 heteroatoms. The van der Waals surface area contributed by atoms with Gasteiger partial charge in [-0.25, -0.2) is 0 Å². The van der Waals surface area contributed by atoms with Crippen molar-refractivity contribution in [2.45, 2.75) is 45.1 Å². The summed E-state index contributed by atoms with van der Waals surface area (Å²) in [6.07, 6.45) is 6.45. The first-order chi connectivity index (χ1) is 8.27. The molecule has 96 valence electrons. The lowest BCUT2D eigenvalue weighted by Crippen LogP contribution is -2.50. The van der Waals surface area contributed by atoms with E-state index in [2.05, 4.69) is 17.6 Å². The van der Waals surface area contributed by atoms with Crippen LogP contribution in [-0.2, 0) is 4.79 Å². The molecule has 0 aromatic carbocycles. The van der Waals surface area contributed by atoms with Gasteiger partial charge in [0.1, 0.15) is 0 Å². The van der Waals surface area contributed by atoms with Gasteiger partial charge in [-0.2, -0.15) is 0 Å². The molecule has 3 fully saturated rings. The summed E-state index contributed by atoms with van der Waals surface area (Å²) in [4.78, 5) is 12.2. The lowest BCUT2D eigenvalue weighted by atomic mass is 9.94. The Morgan fingerprint density at radius 3 is 2.53 bits per heavy atom. The topological polar surface area (TPSA) is 41.1 Å². The van der Waals surface area contributed by atoms with Crippen LogP contribution in [0.25, 0.3) is 0 Å². The van der Waals surface area contributed by atoms with Gasteiger partial charge >= 0.3 is 0 Å². The average Bonchev–Trinajstić information content (AvgIpc) is 3.06. The van der Waals surface area contributed by atoms with E-state index in [1.54, 1.807) is 0 Å². The molecule has 2 aliphatic carbocycles. The quantitative estimate of drug-likeness (QED) is 0.763. The second-order valence-corrected chi connectivity index (χ2v) is 6.22. The van der Waals surface area contributed by atoms with Gasteiger partial charge in [0.2, 0.25) is 5.91 Å². The molecule has 3 nitrogen and oxygen atoms in total. The van der Waals surface area contributed by atoms with E-state index in [-0.39, 0.29) is 0 Å². The maximum Gasteiger partial charge on any atom is 0.223 e. The molecule has 2 saturated carbocycles. The Kier molecular flexibility index (Phi) is 3.12. The fraction of sp³-hybridized carbons (Fsp3) is 0.929. The number of amides is 1. The number of fused-ring (bicyclic) bond motifs is 1. The van der Waals surface area contributed by atoms with Crippen LogP contribution in [-0.4, -0.2) is 25.0 Å². The van der Waals surface area contributed by atoms with Crippen molar-refractivity contribution < 1.29 is 4.79 Å². The zero-order chi connectivity index (χ0) is 11.8. The number of hydrogen-bond donors (Lipinski definition) is 2. The van der Waals surface area contributed by atoms with Crippen molar-refractivity contribution in [2.24, 2.45) is 23.7 Å². The van der Waals surface area contributed by atoms with Crippen LogP contribution in [0.3, 0.4) is 0 Å². The molecule has 4 atom stereocenters. The van der Waals surface area contributed by atoms with Crippen LogP contribution >= 0.6 is 0 Å². The highest BCUT2D eigenvalue weighted by atomic mass is 16.2. The zero-order valence-corrected chi connectivity index (χ0v) is 10.7. The van der Waals surface area contributed by atoms with Crippen molar-refractivity contribution >= 4 is 5.91 Å². The molecule has 0 radical (unpaired) electrons. The average molecular weight is 236 g/mol. The Morgan fingerprint density at radius 2 is 1.88 bits per heavy atom. The van der Waals surface area contributed by atoms with Gasteiger partial charge in [0.05, 0.1) is 0 Å². The Balaban J connectivity index is 1.53. The van der Waals surface area contributed by atoms with E-state index in [4.69, 9.17) is 0 Å². The first-order valence-electron chi connectivity index (χ1n) is 7.28. The van der Waals surface area contributed by atoms with Crippen molar-refractivity contribution in [1.29, 1.82) is 0 Å². The molecule has 3 rings (SSSR count). The molecular formula is C14H24N2O. The van der Waals surface area contributed by atoms with Crippen LogP contribution in [0.1, 0.15) is 39.0 Å². The zero-order valence-electron chi connectivity index (χ0n) is 10.7. The Bertz CT molecular complexity index is 293. The van der Waals surface area contributed by atoms with E-state index < -0.39 is 0 Å². The van der Waals surface area contributed by atoms with E-state index in [1.165, 1.54) is 32.1 Å². The third-order valence-corrected chi connectivity index (χ3v) is 5.11. The highest BCUT2D eigenvalue weighted by molar-refractivity contribution is 5.82. The van der Waals surface area contributed by atoms with Gasteiger partial charge in [-0.15, -0.1) is 0 Å². The molecule has 17 heavy (non-hydrogen) atoms. The Hall–Kier alpha value is -0.570. The number of carbonyl (C=O) groups is 1. The standard InChI is InChI=1S/C14H24N2O/c1-9-6-7-15-8-12(9)16-14(17)13-10-4-2-3-5-11(10)13/h9-13,15H,2-8H2,1H3,(H,16,17). The molecule has 1 saturated heterocycles. The van der Waals surface area contributed by atoms with Gasteiger partial charge in [-0.3, -0.25) is 4.79 Å². The number of rotatable bonds is 2. The molecule has 4 unspecified atom stereocenters. The van der Waals surface area contributed by atoms with E-state index in [0.717, 1.165) is 24.9 Å². The summed E-state index contributed by atoms with van der Waals surface area (Å²) in [5.74, 6) is 2.81. The van der Waals surface area contributed by atoms with Gasteiger partial charge in [0, 0.05) is 18.5 Å². The summed E-state index contributed by atoms with van der Waals surface area (Å²) in [7, 11) is 0. The summed E-state index contributed by atoms with van der Waals surface area (Å²) >= 11 is 0. The fourth-order valence-corrected chi connectivity index (χ4v) is 3.84. The third kappa shape index (κ3) is 2.22. The molecule has 3 aliphatic rings. The fourth-order valence-electron chi connectivity index (χ4n) is 3.84. The first-order valence-corrected chi connectivity index (χ1v) is 7.28.